The molecule has 0 radical (unpaired) electrons. The van der Waals surface area contributed by atoms with Crippen LogP contribution in [0.2, 0.25) is 5.02 Å². The predicted octanol–water partition coefficient (Wildman–Crippen LogP) is 5.02. The summed E-state index contributed by atoms with van der Waals surface area (Å²) in [6.45, 7) is 1.99. The van der Waals surface area contributed by atoms with E-state index in [-0.39, 0.29) is 11.7 Å². The molecule has 4 aromatic rings. The van der Waals surface area contributed by atoms with Gasteiger partial charge in [0.1, 0.15) is 0 Å². The van der Waals surface area contributed by atoms with E-state index in [1.165, 1.54) is 11.8 Å². The van der Waals surface area contributed by atoms with Crippen molar-refractivity contribution in [3.8, 4) is 17.1 Å². The Kier molecular flexibility index (Phi) is 6.11. The maximum absolute atomic E-state index is 12.5. The first-order chi connectivity index (χ1) is 14.6. The molecule has 0 saturated heterocycles. The number of anilines is 1. The van der Waals surface area contributed by atoms with Crippen molar-refractivity contribution in [2.75, 3.05) is 11.1 Å². The standard InChI is InChI=1S/C22H18ClN5OS/c1-15-3-2-4-18(13-15)25-20(29)14-30-22-27-26-21(16-9-11-24-12-10-16)28(22)19-7-5-17(23)6-8-19/h2-13H,14H2,1H3,(H,25,29). The van der Waals surface area contributed by atoms with Crippen molar-refractivity contribution in [2.24, 2.45) is 0 Å². The molecule has 0 aliphatic heterocycles. The third-order valence-electron chi connectivity index (χ3n) is 4.29. The molecule has 1 amide bonds. The minimum atomic E-state index is -0.110. The Morgan fingerprint density at radius 1 is 1.07 bits per heavy atom. The third-order valence-corrected chi connectivity index (χ3v) is 5.47. The van der Waals surface area contributed by atoms with Gasteiger partial charge in [0, 0.05) is 34.4 Å². The van der Waals surface area contributed by atoms with E-state index in [0.717, 1.165) is 22.5 Å². The van der Waals surface area contributed by atoms with E-state index in [1.807, 2.05) is 72.2 Å². The molecule has 4 rings (SSSR count). The fourth-order valence-electron chi connectivity index (χ4n) is 2.92. The Hall–Kier alpha value is -3.16. The van der Waals surface area contributed by atoms with Crippen molar-refractivity contribution >= 4 is 35.0 Å². The largest absolute Gasteiger partial charge is 0.325 e. The van der Waals surface area contributed by atoms with E-state index in [9.17, 15) is 4.79 Å². The van der Waals surface area contributed by atoms with Crippen LogP contribution >= 0.6 is 23.4 Å². The van der Waals surface area contributed by atoms with Crippen LogP contribution in [0.4, 0.5) is 5.69 Å². The molecule has 2 aromatic carbocycles. The van der Waals surface area contributed by atoms with Gasteiger partial charge in [0.05, 0.1) is 5.75 Å². The molecule has 0 fully saturated rings. The monoisotopic (exact) mass is 435 g/mol. The summed E-state index contributed by atoms with van der Waals surface area (Å²) in [7, 11) is 0. The van der Waals surface area contributed by atoms with Crippen LogP contribution in [0.3, 0.4) is 0 Å². The van der Waals surface area contributed by atoms with Gasteiger partial charge in [0.15, 0.2) is 11.0 Å². The van der Waals surface area contributed by atoms with E-state index in [2.05, 4.69) is 20.5 Å². The lowest BCUT2D eigenvalue weighted by molar-refractivity contribution is -0.113. The molecule has 0 atom stereocenters. The summed E-state index contributed by atoms with van der Waals surface area (Å²) in [4.78, 5) is 16.5. The molecule has 0 saturated carbocycles. The topological polar surface area (TPSA) is 72.7 Å². The Morgan fingerprint density at radius 2 is 1.83 bits per heavy atom. The van der Waals surface area contributed by atoms with Crippen LogP contribution < -0.4 is 5.32 Å². The summed E-state index contributed by atoms with van der Waals surface area (Å²) in [6.07, 6.45) is 3.41. The number of thioether (sulfide) groups is 1. The van der Waals surface area contributed by atoms with Crippen molar-refractivity contribution in [3.05, 3.63) is 83.6 Å². The fraction of sp³-hybridized carbons (Fsp3) is 0.0909. The number of benzene rings is 2. The highest BCUT2D eigenvalue weighted by molar-refractivity contribution is 7.99. The quantitative estimate of drug-likeness (QED) is 0.430. The maximum Gasteiger partial charge on any atom is 0.234 e. The van der Waals surface area contributed by atoms with Crippen molar-refractivity contribution < 1.29 is 4.79 Å². The number of pyridine rings is 1. The van der Waals surface area contributed by atoms with Gasteiger partial charge in [0.25, 0.3) is 0 Å². The minimum absolute atomic E-state index is 0.110. The average Bonchev–Trinajstić information content (AvgIpc) is 3.17. The number of rotatable bonds is 6. The normalized spacial score (nSPS) is 10.7. The average molecular weight is 436 g/mol. The van der Waals surface area contributed by atoms with E-state index in [0.29, 0.717) is 16.0 Å². The van der Waals surface area contributed by atoms with E-state index in [4.69, 9.17) is 11.6 Å². The second-order valence-corrected chi connectivity index (χ2v) is 7.94. The predicted molar refractivity (Wildman–Crippen MR) is 120 cm³/mol. The van der Waals surface area contributed by atoms with E-state index < -0.39 is 0 Å². The van der Waals surface area contributed by atoms with Gasteiger partial charge in [-0.1, -0.05) is 35.5 Å². The first kappa shape index (κ1) is 20.1. The van der Waals surface area contributed by atoms with Crippen LogP contribution in [0.15, 0.2) is 78.2 Å². The molecule has 8 heteroatoms. The molecular formula is C22H18ClN5OS. The summed E-state index contributed by atoms with van der Waals surface area (Å²) in [5.74, 6) is 0.763. The summed E-state index contributed by atoms with van der Waals surface area (Å²) in [6, 6.07) is 18.9. The number of aromatic nitrogens is 4. The molecule has 30 heavy (non-hydrogen) atoms. The highest BCUT2D eigenvalue weighted by Gasteiger charge is 2.17. The van der Waals surface area contributed by atoms with Crippen molar-refractivity contribution in [3.63, 3.8) is 0 Å². The first-order valence-corrected chi connectivity index (χ1v) is 10.6. The number of hydrogen-bond donors (Lipinski definition) is 1. The van der Waals surface area contributed by atoms with Crippen LogP contribution in [0.25, 0.3) is 17.1 Å². The lowest BCUT2D eigenvalue weighted by Crippen LogP contribution is -2.14. The Balaban J connectivity index is 1.59. The number of amides is 1. The third kappa shape index (κ3) is 4.69. The smallest absolute Gasteiger partial charge is 0.234 e. The molecule has 2 aromatic heterocycles. The van der Waals surface area contributed by atoms with Gasteiger partial charge in [-0.2, -0.15) is 0 Å². The molecule has 6 nitrogen and oxygen atoms in total. The fourth-order valence-corrected chi connectivity index (χ4v) is 3.80. The van der Waals surface area contributed by atoms with Crippen molar-refractivity contribution in [1.82, 2.24) is 19.7 Å². The van der Waals surface area contributed by atoms with Gasteiger partial charge in [-0.15, -0.1) is 10.2 Å². The minimum Gasteiger partial charge on any atom is -0.325 e. The van der Waals surface area contributed by atoms with Gasteiger partial charge in [-0.25, -0.2) is 0 Å². The SMILES string of the molecule is Cc1cccc(NC(=O)CSc2nnc(-c3ccncc3)n2-c2ccc(Cl)cc2)c1. The number of nitrogens with one attached hydrogen (secondary N) is 1. The molecular weight excluding hydrogens is 418 g/mol. The summed E-state index contributed by atoms with van der Waals surface area (Å²) >= 11 is 7.38. The number of carbonyl (C=O) groups is 1. The molecule has 1 N–H and O–H groups in total. The van der Waals surface area contributed by atoms with E-state index in [1.54, 1.807) is 12.4 Å². The summed E-state index contributed by atoms with van der Waals surface area (Å²) in [5.41, 5.74) is 3.60. The lowest BCUT2D eigenvalue weighted by Gasteiger charge is -2.11. The second-order valence-electron chi connectivity index (χ2n) is 6.56. The molecule has 0 unspecified atom stereocenters. The Morgan fingerprint density at radius 3 is 2.57 bits per heavy atom. The Bertz CT molecular complexity index is 1160. The van der Waals surface area contributed by atoms with Gasteiger partial charge >= 0.3 is 0 Å². The second kappa shape index (κ2) is 9.11. The van der Waals surface area contributed by atoms with Crippen molar-refractivity contribution in [2.45, 2.75) is 12.1 Å². The number of hydrogen-bond acceptors (Lipinski definition) is 5. The van der Waals surface area contributed by atoms with Gasteiger partial charge in [-0.05, 0) is 61.0 Å². The zero-order valence-corrected chi connectivity index (χ0v) is 17.7. The molecule has 0 aliphatic carbocycles. The zero-order chi connectivity index (χ0) is 20.9. The van der Waals surface area contributed by atoms with Gasteiger partial charge in [0.2, 0.25) is 5.91 Å². The number of nitrogens with zero attached hydrogens (tertiary/aromatic N) is 4. The van der Waals surface area contributed by atoms with Gasteiger partial charge < -0.3 is 5.32 Å². The maximum atomic E-state index is 12.5. The van der Waals surface area contributed by atoms with Crippen LogP contribution in [0.1, 0.15) is 5.56 Å². The van der Waals surface area contributed by atoms with Crippen LogP contribution in [0, 0.1) is 6.92 Å². The number of halogens is 1. The van der Waals surface area contributed by atoms with E-state index >= 15 is 0 Å². The zero-order valence-electron chi connectivity index (χ0n) is 16.1. The Labute approximate surface area is 183 Å². The lowest BCUT2D eigenvalue weighted by atomic mass is 10.2. The molecule has 2 heterocycles. The van der Waals surface area contributed by atoms with Crippen LogP contribution in [-0.4, -0.2) is 31.4 Å². The number of aryl methyl sites for hydroxylation is 1. The van der Waals surface area contributed by atoms with Gasteiger partial charge in [-0.3, -0.25) is 14.3 Å². The highest BCUT2D eigenvalue weighted by Crippen LogP contribution is 2.28. The highest BCUT2D eigenvalue weighted by atomic mass is 35.5. The molecule has 0 bridgehead atoms. The molecule has 150 valence electrons. The first-order valence-electron chi connectivity index (χ1n) is 9.21. The molecule has 0 spiro atoms. The summed E-state index contributed by atoms with van der Waals surface area (Å²) in [5, 5.41) is 12.9. The number of carbonyl (C=O) groups excluding carboxylic acids is 1. The van der Waals surface area contributed by atoms with Crippen molar-refractivity contribution in [1.29, 1.82) is 0 Å². The molecule has 0 aliphatic rings. The summed E-state index contributed by atoms with van der Waals surface area (Å²) < 4.78 is 1.91. The van der Waals surface area contributed by atoms with Crippen LogP contribution in [0.5, 0.6) is 0 Å². The van der Waals surface area contributed by atoms with Crippen LogP contribution in [-0.2, 0) is 4.79 Å².